The first kappa shape index (κ1) is 57.5. The zero-order valence-electron chi connectivity index (χ0n) is 46.9. The monoisotopic (exact) mass is 1110 g/mol. The highest BCUT2D eigenvalue weighted by Crippen LogP contribution is 2.72. The van der Waals surface area contributed by atoms with Crippen LogP contribution in [0.1, 0.15) is 151 Å². The number of aryl methyl sites for hydroxylation is 1. The van der Waals surface area contributed by atoms with Gasteiger partial charge in [0.2, 0.25) is 11.6 Å². The van der Waals surface area contributed by atoms with Gasteiger partial charge in [0.25, 0.3) is 0 Å². The van der Waals surface area contributed by atoms with Crippen molar-refractivity contribution in [3.63, 3.8) is 0 Å². The van der Waals surface area contributed by atoms with E-state index < -0.39 is 82.9 Å². The first-order chi connectivity index (χ1) is 36.3. The number of carbonyl (C=O) groups is 6. The third kappa shape index (κ3) is 8.68. The Labute approximate surface area is 463 Å². The standard InChI is InChI=1S/C30H41ClN2O6.C30H40ClNO6/c1-7-24(36)38-15-23(35)30(39-25(37)8-2)16(3)9-19-26-20(31)10-18-11-21-17(14-32-33(21)6)12-28(18,4)27(26)22(34)13-29(19,30)5;1-6-24(35)37-15-23(34)30(38-25(36)7-2)16(3)10-19-26-20(31)11-18-12-21-17(8-9-32-21)13-28(18,4)27(26)22(33)14-29(19,30)5/h11,14,16,19-20,22,26-27,34H,7-10,12-13,15H2,1-6H3;8,12,16,19-20,22,26-27,33H,6-7,9-11,13-15H2,1-5H3/t2*16-,19+,20-,22+,26-,27+,28+,29+,30+/m11/s1. The summed E-state index contributed by atoms with van der Waals surface area (Å²) in [5.41, 5.74) is 1.71. The van der Waals surface area contributed by atoms with Crippen LogP contribution in [0.15, 0.2) is 40.1 Å². The molecule has 422 valence electrons. The van der Waals surface area contributed by atoms with Gasteiger partial charge in [0.1, 0.15) is 0 Å². The highest BCUT2D eigenvalue weighted by Gasteiger charge is 2.76. The van der Waals surface area contributed by atoms with Gasteiger partial charge in [-0.1, -0.05) is 86.5 Å². The number of fused-ring (bicyclic) bond motifs is 12. The van der Waals surface area contributed by atoms with Gasteiger partial charge in [0.15, 0.2) is 24.4 Å². The summed E-state index contributed by atoms with van der Waals surface area (Å²) < 4.78 is 24.7. The zero-order chi connectivity index (χ0) is 56.1. The van der Waals surface area contributed by atoms with E-state index in [9.17, 15) is 39.0 Å². The second-order valence-electron chi connectivity index (χ2n) is 25.2. The van der Waals surface area contributed by atoms with Gasteiger partial charge >= 0.3 is 23.9 Å². The van der Waals surface area contributed by atoms with Crippen molar-refractivity contribution >= 4 is 70.4 Å². The molecule has 15 nitrogen and oxygen atoms in total. The summed E-state index contributed by atoms with van der Waals surface area (Å²) in [6.07, 6.45) is 12.3. The molecule has 0 saturated heterocycles. The average Bonchev–Trinajstić information content (AvgIpc) is 4.15. The number of aliphatic hydroxyl groups excluding tert-OH is 2. The Morgan fingerprint density at radius 1 is 0.675 bits per heavy atom. The molecule has 0 radical (unpaired) electrons. The minimum absolute atomic E-state index is 0.0464. The first-order valence-corrected chi connectivity index (χ1v) is 29.3. The summed E-state index contributed by atoms with van der Waals surface area (Å²) >= 11 is 14.5. The maximum Gasteiger partial charge on any atom is 0.306 e. The van der Waals surface area contributed by atoms with E-state index in [1.807, 2.05) is 45.6 Å². The van der Waals surface area contributed by atoms with E-state index in [-0.39, 0.29) is 94.6 Å². The van der Waals surface area contributed by atoms with Gasteiger partial charge in [0, 0.05) is 66.2 Å². The largest absolute Gasteiger partial charge is 0.457 e. The van der Waals surface area contributed by atoms with E-state index >= 15 is 0 Å². The normalized spacial score (nSPS) is 41.7. The van der Waals surface area contributed by atoms with E-state index in [2.05, 4.69) is 42.2 Å². The Bertz CT molecular complexity index is 2730. The molecule has 6 saturated carbocycles. The molecule has 1 aromatic rings. The van der Waals surface area contributed by atoms with Crippen molar-refractivity contribution in [2.45, 2.75) is 180 Å². The summed E-state index contributed by atoms with van der Waals surface area (Å²) in [6.45, 7) is 18.8. The molecule has 18 atom stereocenters. The van der Waals surface area contributed by atoms with Gasteiger partial charge in [0.05, 0.1) is 36.4 Å². The van der Waals surface area contributed by atoms with Crippen molar-refractivity contribution in [2.24, 2.45) is 81.0 Å². The Morgan fingerprint density at radius 3 is 1.57 bits per heavy atom. The second-order valence-corrected chi connectivity index (χ2v) is 26.3. The van der Waals surface area contributed by atoms with E-state index in [1.54, 1.807) is 27.7 Å². The molecule has 0 unspecified atom stereocenters. The maximum atomic E-state index is 14.0. The highest BCUT2D eigenvalue weighted by atomic mass is 35.5. The lowest BCUT2D eigenvalue weighted by Crippen LogP contribution is -2.66. The van der Waals surface area contributed by atoms with Gasteiger partial charge in [-0.05, 0) is 121 Å². The quantitative estimate of drug-likeness (QED) is 0.114. The zero-order valence-corrected chi connectivity index (χ0v) is 48.4. The number of allylic oxidation sites excluding steroid dienone is 4. The molecule has 1 aliphatic heterocycles. The number of nitrogens with zero attached hydrogens (tertiary/aromatic N) is 3. The van der Waals surface area contributed by atoms with Crippen molar-refractivity contribution < 1.29 is 57.9 Å². The van der Waals surface area contributed by atoms with Crippen molar-refractivity contribution in [3.05, 3.63) is 46.3 Å². The van der Waals surface area contributed by atoms with Crippen LogP contribution in [-0.4, -0.2) is 115 Å². The molecule has 0 spiro atoms. The minimum atomic E-state index is -1.51. The predicted octanol–water partition coefficient (Wildman–Crippen LogP) is 8.84. The molecule has 17 heteroatoms. The number of Topliss-reactive ketones (excluding diaryl/α,β-unsaturated/α-hetero) is 2. The van der Waals surface area contributed by atoms with Crippen LogP contribution < -0.4 is 0 Å². The molecule has 0 bridgehead atoms. The number of hydrogen-bond acceptors (Lipinski definition) is 14. The molecular formula is C60H81Cl2N3O12. The topological polar surface area (TPSA) is 210 Å². The molecule has 1 aromatic heterocycles. The Kier molecular flexibility index (Phi) is 15.5. The van der Waals surface area contributed by atoms with Crippen LogP contribution in [0, 0.1) is 69.0 Å². The number of alkyl halides is 2. The van der Waals surface area contributed by atoms with Crippen molar-refractivity contribution in [3.8, 4) is 0 Å². The third-order valence-corrected chi connectivity index (χ3v) is 22.3. The van der Waals surface area contributed by atoms with Crippen LogP contribution in [0.4, 0.5) is 0 Å². The summed E-state index contributed by atoms with van der Waals surface area (Å²) in [6, 6.07) is 0. The average molecular weight is 1110 g/mol. The highest BCUT2D eigenvalue weighted by molar-refractivity contribution is 6.21. The second kappa shape index (κ2) is 20.7. The van der Waals surface area contributed by atoms with Crippen LogP contribution in [-0.2, 0) is 61.2 Å². The van der Waals surface area contributed by atoms with Crippen molar-refractivity contribution in [2.75, 3.05) is 19.8 Å². The summed E-state index contributed by atoms with van der Waals surface area (Å²) in [7, 11) is 1.94. The van der Waals surface area contributed by atoms with Gasteiger partial charge in [-0.3, -0.25) is 38.4 Å². The number of aliphatic imine (C=N–C) groups is 1. The number of hydrogen-bond donors (Lipinski definition) is 2. The van der Waals surface area contributed by atoms with E-state index in [4.69, 9.17) is 42.1 Å². The summed E-state index contributed by atoms with van der Waals surface area (Å²) in [4.78, 5) is 82.1. The fourth-order valence-electron chi connectivity index (χ4n) is 18.0. The van der Waals surface area contributed by atoms with Crippen LogP contribution in [0.3, 0.4) is 0 Å². The Hall–Kier alpha value is -4.18. The smallest absolute Gasteiger partial charge is 0.306 e. The maximum absolute atomic E-state index is 14.0. The van der Waals surface area contributed by atoms with E-state index in [1.165, 1.54) is 16.7 Å². The number of carbonyl (C=O) groups excluding carboxylic acids is 6. The summed E-state index contributed by atoms with van der Waals surface area (Å²) in [5.74, 6) is -3.85. The fraction of sp³-hybridized carbons (Fsp3) is 0.733. The molecule has 0 aromatic carbocycles. The van der Waals surface area contributed by atoms with E-state index in [0.717, 1.165) is 29.8 Å². The minimum Gasteiger partial charge on any atom is -0.457 e. The third-order valence-electron chi connectivity index (χ3n) is 21.4. The number of halogens is 2. The molecule has 6 fully saturated rings. The van der Waals surface area contributed by atoms with Gasteiger partial charge < -0.3 is 29.2 Å². The molecule has 0 amide bonds. The van der Waals surface area contributed by atoms with Gasteiger partial charge in [-0.2, -0.15) is 5.10 Å². The number of ketones is 2. The molecule has 77 heavy (non-hydrogen) atoms. The lowest BCUT2D eigenvalue weighted by molar-refractivity contribution is -0.207. The molecule has 9 aliphatic rings. The Balaban J connectivity index is 0.000000188. The number of rotatable bonds is 12. The Morgan fingerprint density at radius 2 is 1.12 bits per heavy atom. The van der Waals surface area contributed by atoms with Crippen LogP contribution in [0.2, 0.25) is 0 Å². The van der Waals surface area contributed by atoms with Crippen LogP contribution in [0.25, 0.3) is 6.08 Å². The SMILES string of the molecule is CCC(=O)OCC(=O)[C@@]1(OC(=O)CC)[C@H](C)C[C@H]2[C@H]3[C@H]([C@@H](O)C[C@@]21C)[C@@]1(C)CC2=CCN=C2C=C1C[C@H]3Cl.CCC(=O)OCC(=O)[C@@]1(OC(=O)CC)[C@H](C)C[C@H]2[C@H]3[C@H]([C@@H](O)C[C@@]21C)[C@@]1(C)Cc2cnn(C)c2C=C1C[C@H]3Cl. The van der Waals surface area contributed by atoms with Gasteiger partial charge in [-0.25, -0.2) is 0 Å². The van der Waals surface area contributed by atoms with Crippen molar-refractivity contribution in [1.29, 1.82) is 0 Å². The fourth-order valence-corrected chi connectivity index (χ4v) is 19.0. The van der Waals surface area contributed by atoms with Crippen LogP contribution >= 0.6 is 23.2 Å². The predicted molar refractivity (Wildman–Crippen MR) is 289 cm³/mol. The van der Waals surface area contributed by atoms with Gasteiger partial charge in [-0.15, -0.1) is 23.2 Å². The van der Waals surface area contributed by atoms with E-state index in [0.29, 0.717) is 45.1 Å². The van der Waals surface area contributed by atoms with Crippen molar-refractivity contribution in [1.82, 2.24) is 9.78 Å². The summed E-state index contributed by atoms with van der Waals surface area (Å²) in [5, 5.41) is 27.9. The molecule has 8 aliphatic carbocycles. The number of aliphatic hydroxyl groups is 2. The lowest BCUT2D eigenvalue weighted by atomic mass is 9.45. The number of aromatic nitrogens is 2. The van der Waals surface area contributed by atoms with Crippen LogP contribution in [0.5, 0.6) is 0 Å². The first-order valence-electron chi connectivity index (χ1n) is 28.4. The molecule has 2 heterocycles. The number of esters is 4. The number of ether oxygens (including phenoxy) is 4. The molecule has 2 N–H and O–H groups in total. The lowest BCUT2D eigenvalue weighted by Gasteiger charge is -2.62. The molecular weight excluding hydrogens is 1030 g/mol. The molecule has 10 rings (SSSR count).